The van der Waals surface area contributed by atoms with Crippen LogP contribution in [0.1, 0.15) is 52.8 Å². The molecule has 0 spiro atoms. The van der Waals surface area contributed by atoms with Crippen molar-refractivity contribution in [3.8, 4) is 11.4 Å². The summed E-state index contributed by atoms with van der Waals surface area (Å²) in [7, 11) is 1.55. The van der Waals surface area contributed by atoms with Gasteiger partial charge >= 0.3 is 11.9 Å². The molecule has 41 heavy (non-hydrogen) atoms. The van der Waals surface area contributed by atoms with Crippen LogP contribution in [-0.4, -0.2) is 39.9 Å². The molecule has 5 rings (SSSR count). The summed E-state index contributed by atoms with van der Waals surface area (Å²) in [6, 6.07) is 15.2. The second-order valence-electron chi connectivity index (χ2n) is 9.56. The van der Waals surface area contributed by atoms with Gasteiger partial charge < -0.3 is 19.1 Å². The van der Waals surface area contributed by atoms with Crippen LogP contribution in [0.3, 0.4) is 0 Å². The van der Waals surface area contributed by atoms with E-state index in [-0.39, 0.29) is 23.3 Å². The van der Waals surface area contributed by atoms with E-state index in [4.69, 9.17) is 9.47 Å². The number of rotatable bonds is 7. The van der Waals surface area contributed by atoms with Crippen LogP contribution in [0.2, 0.25) is 0 Å². The number of esters is 1. The van der Waals surface area contributed by atoms with Gasteiger partial charge in [-0.15, -0.1) is 0 Å². The van der Waals surface area contributed by atoms with Crippen molar-refractivity contribution in [3.63, 3.8) is 0 Å². The fourth-order valence-corrected chi connectivity index (χ4v) is 6.27. The molecule has 1 N–H and O–H groups in total. The minimum atomic E-state index is -1.00. The number of aromatic nitrogens is 2. The molecule has 1 aliphatic rings. The first-order valence-corrected chi connectivity index (χ1v) is 13.8. The number of ether oxygens (including phenoxy) is 2. The molecule has 10 heteroatoms. The summed E-state index contributed by atoms with van der Waals surface area (Å²) in [6.07, 6.45) is 1.81. The lowest BCUT2D eigenvalue weighted by Gasteiger charge is -2.25. The monoisotopic (exact) mass is 571 g/mol. The molecule has 1 aliphatic heterocycles. The Kier molecular flexibility index (Phi) is 7.51. The number of aromatic carboxylic acids is 1. The summed E-state index contributed by atoms with van der Waals surface area (Å²) in [5, 5.41) is 9.44. The van der Waals surface area contributed by atoms with Crippen LogP contribution in [0.5, 0.6) is 5.75 Å². The Morgan fingerprint density at radius 3 is 2.56 bits per heavy atom. The number of carboxylic acid groups (broad SMARTS) is 1. The van der Waals surface area contributed by atoms with Crippen molar-refractivity contribution in [3.05, 3.63) is 114 Å². The molecule has 1 atom stereocenters. The number of allylic oxidation sites excluding steroid dienone is 1. The highest BCUT2D eigenvalue weighted by Crippen LogP contribution is 2.35. The molecule has 0 bridgehead atoms. The Hall–Kier alpha value is -4.70. The number of aryl methyl sites for hydroxylation is 1. The van der Waals surface area contributed by atoms with E-state index in [1.54, 1.807) is 45.2 Å². The highest BCUT2D eigenvalue weighted by Gasteiger charge is 2.35. The van der Waals surface area contributed by atoms with Gasteiger partial charge in [-0.1, -0.05) is 35.6 Å². The lowest BCUT2D eigenvalue weighted by atomic mass is 9.95. The molecule has 0 fully saturated rings. The third-order valence-electron chi connectivity index (χ3n) is 7.06. The zero-order valence-corrected chi connectivity index (χ0v) is 24.1. The van der Waals surface area contributed by atoms with E-state index < -0.39 is 18.0 Å². The SMILES string of the molecule is CCOC(=O)C1=C(C)N=c2s/c(=C/c3cc(C)n(-c4cccc(C(=O)O)c4)c3C)c(=O)n2[C@H]1c1ccccc1OC. The van der Waals surface area contributed by atoms with Gasteiger partial charge in [0.25, 0.3) is 5.56 Å². The Balaban J connectivity index is 1.70. The highest BCUT2D eigenvalue weighted by molar-refractivity contribution is 7.07. The number of fused-ring (bicyclic) bond motifs is 1. The van der Waals surface area contributed by atoms with Crippen LogP contribution in [0.15, 0.2) is 75.7 Å². The third kappa shape index (κ3) is 4.91. The Labute approximate surface area is 239 Å². The normalized spacial score (nSPS) is 15.0. The Bertz CT molecular complexity index is 1910. The predicted octanol–water partition coefficient (Wildman–Crippen LogP) is 3.91. The average molecular weight is 572 g/mol. The first-order valence-electron chi connectivity index (χ1n) is 13.0. The first-order chi connectivity index (χ1) is 19.7. The number of carbonyl (C=O) groups is 2. The van der Waals surface area contributed by atoms with Gasteiger partial charge in [-0.3, -0.25) is 9.36 Å². The minimum absolute atomic E-state index is 0.184. The van der Waals surface area contributed by atoms with E-state index in [0.717, 1.165) is 17.0 Å². The Morgan fingerprint density at radius 2 is 1.85 bits per heavy atom. The fraction of sp³-hybridized carbons (Fsp3) is 0.226. The van der Waals surface area contributed by atoms with Crippen molar-refractivity contribution < 1.29 is 24.2 Å². The van der Waals surface area contributed by atoms with E-state index in [9.17, 15) is 19.5 Å². The molecule has 9 nitrogen and oxygen atoms in total. The van der Waals surface area contributed by atoms with E-state index in [2.05, 4.69) is 4.99 Å². The Morgan fingerprint density at radius 1 is 1.10 bits per heavy atom. The second-order valence-corrected chi connectivity index (χ2v) is 10.6. The number of hydrogen-bond donors (Lipinski definition) is 1. The third-order valence-corrected chi connectivity index (χ3v) is 8.04. The maximum Gasteiger partial charge on any atom is 0.338 e. The van der Waals surface area contributed by atoms with Gasteiger partial charge in [0.05, 0.1) is 35.1 Å². The van der Waals surface area contributed by atoms with Gasteiger partial charge in [0.2, 0.25) is 0 Å². The first kappa shape index (κ1) is 27.9. The van der Waals surface area contributed by atoms with Crippen molar-refractivity contribution >= 4 is 29.4 Å². The number of benzene rings is 2. The molecule has 0 saturated heterocycles. The van der Waals surface area contributed by atoms with Gasteiger partial charge in [-0.2, -0.15) is 0 Å². The topological polar surface area (TPSA) is 112 Å². The maximum absolute atomic E-state index is 14.0. The van der Waals surface area contributed by atoms with Crippen LogP contribution in [0.4, 0.5) is 0 Å². The largest absolute Gasteiger partial charge is 0.496 e. The molecule has 4 aromatic rings. The molecule has 2 aromatic carbocycles. The molecule has 0 unspecified atom stereocenters. The molecule has 3 heterocycles. The molecule has 2 aromatic heterocycles. The predicted molar refractivity (Wildman–Crippen MR) is 156 cm³/mol. The van der Waals surface area contributed by atoms with E-state index in [0.29, 0.717) is 32.0 Å². The van der Waals surface area contributed by atoms with Crippen molar-refractivity contribution in [1.29, 1.82) is 0 Å². The number of carboxylic acids is 1. The van der Waals surface area contributed by atoms with E-state index in [1.807, 2.05) is 54.8 Å². The summed E-state index contributed by atoms with van der Waals surface area (Å²) >= 11 is 1.24. The summed E-state index contributed by atoms with van der Waals surface area (Å²) in [4.78, 5) is 43.8. The van der Waals surface area contributed by atoms with Crippen molar-refractivity contribution in [2.24, 2.45) is 4.99 Å². The van der Waals surface area contributed by atoms with Gasteiger partial charge in [0.1, 0.15) is 11.8 Å². The summed E-state index contributed by atoms with van der Waals surface area (Å²) in [5.41, 5.74) is 4.56. The number of carbonyl (C=O) groups excluding carboxylic acids is 1. The van der Waals surface area contributed by atoms with Crippen LogP contribution in [0.25, 0.3) is 11.8 Å². The number of nitrogens with zero attached hydrogens (tertiary/aromatic N) is 3. The fourth-order valence-electron chi connectivity index (χ4n) is 5.23. The van der Waals surface area contributed by atoms with Crippen molar-refractivity contribution in [1.82, 2.24) is 9.13 Å². The number of hydrogen-bond acceptors (Lipinski definition) is 7. The highest BCUT2D eigenvalue weighted by atomic mass is 32.1. The van der Waals surface area contributed by atoms with Gasteiger partial charge in [-0.05, 0) is 69.7 Å². The zero-order valence-electron chi connectivity index (χ0n) is 23.3. The van der Waals surface area contributed by atoms with Gasteiger partial charge in [0.15, 0.2) is 4.80 Å². The molecular weight excluding hydrogens is 542 g/mol. The van der Waals surface area contributed by atoms with Crippen molar-refractivity contribution in [2.75, 3.05) is 13.7 Å². The second kappa shape index (κ2) is 11.1. The molecule has 210 valence electrons. The molecular formula is C31H29N3O6S. The molecule has 0 saturated carbocycles. The molecule has 0 amide bonds. The lowest BCUT2D eigenvalue weighted by molar-refractivity contribution is -0.139. The molecule has 0 radical (unpaired) electrons. The van der Waals surface area contributed by atoms with Crippen LogP contribution >= 0.6 is 11.3 Å². The summed E-state index contributed by atoms with van der Waals surface area (Å²) < 4.78 is 14.9. The lowest BCUT2D eigenvalue weighted by Crippen LogP contribution is -2.40. The van der Waals surface area contributed by atoms with E-state index >= 15 is 0 Å². The standard InChI is InChI=1S/C31H29N3O6S/c1-6-40-30(38)26-18(3)32-31-34(27(26)23-12-7-8-13-24(23)39-5)28(35)25(41-31)16-21-14-17(2)33(19(21)4)22-11-9-10-20(15-22)29(36)37/h7-16,27H,6H2,1-5H3,(H,36,37)/b25-16+/t27-/m0/s1. The van der Waals surface area contributed by atoms with Crippen LogP contribution in [0, 0.1) is 13.8 Å². The minimum Gasteiger partial charge on any atom is -0.496 e. The maximum atomic E-state index is 14.0. The van der Waals surface area contributed by atoms with Crippen LogP contribution < -0.4 is 19.6 Å². The quantitative estimate of drug-likeness (QED) is 0.337. The van der Waals surface area contributed by atoms with Gasteiger partial charge in [-0.25, -0.2) is 14.6 Å². The molecule has 0 aliphatic carbocycles. The van der Waals surface area contributed by atoms with Gasteiger partial charge in [0, 0.05) is 22.6 Å². The van der Waals surface area contributed by atoms with Crippen LogP contribution in [-0.2, 0) is 9.53 Å². The average Bonchev–Trinajstić information content (AvgIpc) is 3.41. The number of para-hydroxylation sites is 1. The summed E-state index contributed by atoms with van der Waals surface area (Å²) in [5.74, 6) is -1.00. The van der Waals surface area contributed by atoms with E-state index in [1.165, 1.54) is 15.9 Å². The van der Waals surface area contributed by atoms with Crippen molar-refractivity contribution in [2.45, 2.75) is 33.7 Å². The number of thiazole rings is 1. The summed E-state index contributed by atoms with van der Waals surface area (Å²) in [6.45, 7) is 7.50. The number of methoxy groups -OCH3 is 1. The smallest absolute Gasteiger partial charge is 0.338 e. The zero-order chi connectivity index (χ0) is 29.4.